The lowest BCUT2D eigenvalue weighted by Crippen LogP contribution is -2.37. The van der Waals surface area contributed by atoms with Crippen LogP contribution in [0.3, 0.4) is 0 Å². The molecule has 8 nitrogen and oxygen atoms in total. The molecular formula is C29H32F2N3O5S2-. The van der Waals surface area contributed by atoms with Gasteiger partial charge >= 0.3 is 0 Å². The second-order valence-corrected chi connectivity index (χ2v) is 13.9. The van der Waals surface area contributed by atoms with Crippen LogP contribution in [0.2, 0.25) is 0 Å². The summed E-state index contributed by atoms with van der Waals surface area (Å²) in [6.07, 6.45) is 3.26. The number of carbonyl (C=O) groups excluding carboxylic acids is 1. The van der Waals surface area contributed by atoms with E-state index in [2.05, 4.69) is 9.44 Å². The van der Waals surface area contributed by atoms with Crippen molar-refractivity contribution in [3.05, 3.63) is 92.9 Å². The Morgan fingerprint density at radius 3 is 2.34 bits per heavy atom. The fraction of sp³-hybridized carbons (Fsp3) is 0.379. The van der Waals surface area contributed by atoms with Gasteiger partial charge in [-0.1, -0.05) is 0 Å². The van der Waals surface area contributed by atoms with Crippen molar-refractivity contribution >= 4 is 28.0 Å². The Morgan fingerprint density at radius 2 is 1.76 bits per heavy atom. The van der Waals surface area contributed by atoms with Crippen molar-refractivity contribution in [3.8, 4) is 11.1 Å². The lowest BCUT2D eigenvalue weighted by Gasteiger charge is -2.27. The molecular weight excluding hydrogens is 572 g/mol. The molecule has 0 bridgehead atoms. The van der Waals surface area contributed by atoms with Crippen molar-refractivity contribution in [1.29, 1.82) is 0 Å². The number of ketones is 1. The fourth-order valence-electron chi connectivity index (χ4n) is 4.51. The van der Waals surface area contributed by atoms with Gasteiger partial charge in [0.25, 0.3) is 5.56 Å². The summed E-state index contributed by atoms with van der Waals surface area (Å²) in [6.45, 7) is 5.42. The predicted octanol–water partition coefficient (Wildman–Crippen LogP) is 3.99. The molecule has 1 aromatic heterocycles. The second kappa shape index (κ2) is 12.5. The van der Waals surface area contributed by atoms with E-state index in [0.717, 1.165) is 31.0 Å². The van der Waals surface area contributed by atoms with E-state index in [4.69, 9.17) is 0 Å². The second-order valence-electron chi connectivity index (χ2n) is 11.1. The number of hydrogen-bond donors (Lipinski definition) is 2. The van der Waals surface area contributed by atoms with Gasteiger partial charge in [-0.05, 0) is 99.0 Å². The highest BCUT2D eigenvalue weighted by molar-refractivity contribution is 7.84. The van der Waals surface area contributed by atoms with Gasteiger partial charge in [-0.2, -0.15) is 0 Å². The maximum Gasteiger partial charge on any atom is 0.250 e. The molecule has 41 heavy (non-hydrogen) atoms. The lowest BCUT2D eigenvalue weighted by atomic mass is 9.87. The van der Waals surface area contributed by atoms with Gasteiger partial charge in [0, 0.05) is 59.9 Å². The summed E-state index contributed by atoms with van der Waals surface area (Å²) in [7, 11) is 0.0813. The Hall–Kier alpha value is -2.90. The first-order valence-electron chi connectivity index (χ1n) is 13.1. The molecule has 2 N–H and O–H groups in total. The van der Waals surface area contributed by atoms with Gasteiger partial charge in [-0.3, -0.25) is 13.8 Å². The molecule has 3 atom stereocenters. The number of aryl methyl sites for hydroxylation is 1. The van der Waals surface area contributed by atoms with Crippen LogP contribution in [-0.4, -0.2) is 34.6 Å². The number of benzene rings is 2. The van der Waals surface area contributed by atoms with E-state index in [1.165, 1.54) is 28.8 Å². The van der Waals surface area contributed by atoms with E-state index in [1.54, 1.807) is 13.2 Å². The number of aromatic nitrogens is 1. The first kappa shape index (κ1) is 31.0. The summed E-state index contributed by atoms with van der Waals surface area (Å²) in [5.74, 6) is -1.70. The lowest BCUT2D eigenvalue weighted by molar-refractivity contribution is 0.103. The molecule has 3 aromatic rings. The van der Waals surface area contributed by atoms with E-state index in [0.29, 0.717) is 16.7 Å². The molecule has 1 saturated carbocycles. The predicted molar refractivity (Wildman–Crippen MR) is 154 cm³/mol. The molecule has 12 heteroatoms. The van der Waals surface area contributed by atoms with Gasteiger partial charge in [0.15, 0.2) is 5.78 Å². The van der Waals surface area contributed by atoms with Crippen molar-refractivity contribution in [2.45, 2.75) is 50.8 Å². The first-order chi connectivity index (χ1) is 19.3. The highest BCUT2D eigenvalue weighted by Crippen LogP contribution is 2.45. The topological polar surface area (TPSA) is 120 Å². The van der Waals surface area contributed by atoms with E-state index >= 15 is 4.39 Å². The summed E-state index contributed by atoms with van der Waals surface area (Å²) in [6, 6.07) is 8.43. The Balaban J connectivity index is 1.93. The SMILES string of the molecule is Cn1cc(-c2cc(CCNS(=O)[O-])c(F)cc2C(=O)c2ccc(F)cc2)c([C@@H](NS(=O)C(C)(C)C)C2CC2)cc1=O. The molecule has 1 aliphatic carbocycles. The third-order valence-corrected chi connectivity index (χ3v) is 8.94. The highest BCUT2D eigenvalue weighted by Gasteiger charge is 2.37. The Labute approximate surface area is 242 Å². The van der Waals surface area contributed by atoms with Crippen LogP contribution in [0, 0.1) is 17.6 Å². The molecule has 0 amide bonds. The molecule has 0 radical (unpaired) electrons. The van der Waals surface area contributed by atoms with Gasteiger partial charge in [-0.25, -0.2) is 22.4 Å². The molecule has 1 fully saturated rings. The monoisotopic (exact) mass is 604 g/mol. The number of rotatable bonds is 11. The fourth-order valence-corrected chi connectivity index (χ4v) is 5.68. The Bertz CT molecular complexity index is 1560. The van der Waals surface area contributed by atoms with Crippen molar-refractivity contribution in [1.82, 2.24) is 14.0 Å². The van der Waals surface area contributed by atoms with Crippen LogP contribution in [0.25, 0.3) is 11.1 Å². The summed E-state index contributed by atoms with van der Waals surface area (Å²) in [5.41, 5.74) is 1.28. The number of carbonyl (C=O) groups is 1. The number of nitrogens with one attached hydrogen (secondary N) is 2. The van der Waals surface area contributed by atoms with Gasteiger partial charge < -0.3 is 9.12 Å². The maximum absolute atomic E-state index is 15.4. The van der Waals surface area contributed by atoms with Crippen LogP contribution >= 0.6 is 0 Å². The average molecular weight is 605 g/mol. The average Bonchev–Trinajstić information content (AvgIpc) is 3.74. The van der Waals surface area contributed by atoms with Crippen LogP contribution in [0.5, 0.6) is 0 Å². The zero-order valence-electron chi connectivity index (χ0n) is 23.2. The number of nitrogens with zero attached hydrogens (tertiary/aromatic N) is 1. The van der Waals surface area contributed by atoms with Gasteiger partial charge in [-0.15, -0.1) is 0 Å². The number of hydrogen-bond acceptors (Lipinski definition) is 5. The van der Waals surface area contributed by atoms with Crippen molar-refractivity contribution in [3.63, 3.8) is 0 Å². The minimum absolute atomic E-state index is 0.00270. The summed E-state index contributed by atoms with van der Waals surface area (Å²) in [4.78, 5) is 26.6. The third kappa shape index (κ3) is 7.49. The van der Waals surface area contributed by atoms with Crippen LogP contribution in [-0.2, 0) is 35.7 Å². The molecule has 1 heterocycles. The highest BCUT2D eigenvalue weighted by atomic mass is 32.2. The smallest absolute Gasteiger partial charge is 0.250 e. The molecule has 1 aliphatic rings. The van der Waals surface area contributed by atoms with Crippen molar-refractivity contribution < 1.29 is 26.5 Å². The minimum atomic E-state index is -2.54. The van der Waals surface area contributed by atoms with Gasteiger partial charge in [0.05, 0.1) is 15.7 Å². The van der Waals surface area contributed by atoms with Crippen LogP contribution in [0.4, 0.5) is 8.78 Å². The molecule has 4 rings (SSSR count). The molecule has 0 aliphatic heterocycles. The molecule has 2 unspecified atom stereocenters. The number of halogens is 2. The van der Waals surface area contributed by atoms with Crippen LogP contribution in [0.1, 0.15) is 66.7 Å². The normalized spacial score (nSPS) is 15.9. The largest absolute Gasteiger partial charge is 0.760 e. The van der Waals surface area contributed by atoms with Gasteiger partial charge in [0.1, 0.15) is 11.6 Å². The first-order valence-corrected chi connectivity index (χ1v) is 15.3. The Kier molecular flexibility index (Phi) is 9.49. The number of pyridine rings is 1. The summed E-state index contributed by atoms with van der Waals surface area (Å²) < 4.78 is 70.2. The molecule has 0 saturated heterocycles. The summed E-state index contributed by atoms with van der Waals surface area (Å²) in [5, 5.41) is 0. The minimum Gasteiger partial charge on any atom is -0.760 e. The van der Waals surface area contributed by atoms with Crippen molar-refractivity contribution in [2.75, 3.05) is 6.54 Å². The van der Waals surface area contributed by atoms with Gasteiger partial charge in [0.2, 0.25) is 0 Å². The van der Waals surface area contributed by atoms with E-state index in [9.17, 15) is 27.0 Å². The third-order valence-electron chi connectivity index (χ3n) is 6.92. The van der Waals surface area contributed by atoms with Crippen LogP contribution < -0.4 is 15.0 Å². The zero-order valence-corrected chi connectivity index (χ0v) is 24.8. The molecule has 220 valence electrons. The zero-order chi connectivity index (χ0) is 30.1. The molecule has 0 spiro atoms. The van der Waals surface area contributed by atoms with E-state index in [-0.39, 0.29) is 41.1 Å². The van der Waals surface area contributed by atoms with E-state index < -0.39 is 50.5 Å². The van der Waals surface area contributed by atoms with Crippen molar-refractivity contribution in [2.24, 2.45) is 13.0 Å². The van der Waals surface area contributed by atoms with Crippen LogP contribution in [0.15, 0.2) is 53.5 Å². The van der Waals surface area contributed by atoms with E-state index in [1.807, 2.05) is 20.8 Å². The summed E-state index contributed by atoms with van der Waals surface area (Å²) >= 11 is -2.54. The molecule has 2 aromatic carbocycles. The quantitative estimate of drug-likeness (QED) is 0.253. The Morgan fingerprint density at radius 1 is 1.10 bits per heavy atom. The maximum atomic E-state index is 15.4. The standard InChI is InChI=1S/C29H33F2N3O5S2/c1-29(2,3)40(37)33-27(17-5-6-17)22-15-26(35)34(4)16-24(22)21-13-19(11-12-32-41(38)39)25(31)14-23(21)28(36)18-7-9-20(30)10-8-18/h7-10,13-17,27,32-33H,5-6,11-12H2,1-4H3,(H,38,39)/p-1/t27-,40?/m0/s1.